The molecule has 0 radical (unpaired) electrons. The smallest absolute Gasteiger partial charge is 0.319 e. The summed E-state index contributed by atoms with van der Waals surface area (Å²) in [7, 11) is 0. The second-order valence-electron chi connectivity index (χ2n) is 4.68. The first-order valence-electron chi connectivity index (χ1n) is 6.59. The van der Waals surface area contributed by atoms with Crippen molar-refractivity contribution in [3.63, 3.8) is 0 Å². The van der Waals surface area contributed by atoms with Crippen LogP contribution < -0.4 is 16.0 Å². The molecule has 0 bridgehead atoms. The second kappa shape index (κ2) is 6.83. The lowest BCUT2D eigenvalue weighted by molar-refractivity contribution is -0.121. The number of aromatic nitrogens is 1. The summed E-state index contributed by atoms with van der Waals surface area (Å²) in [5.74, 6) is -0.582. The minimum Gasteiger partial charge on any atom is -0.353 e. The van der Waals surface area contributed by atoms with E-state index >= 15 is 0 Å². The van der Waals surface area contributed by atoms with Crippen molar-refractivity contribution >= 4 is 17.6 Å². The highest BCUT2D eigenvalue weighted by Crippen LogP contribution is 2.18. The van der Waals surface area contributed by atoms with Crippen LogP contribution in [-0.4, -0.2) is 29.5 Å². The number of carbonyl (C=O) groups excluding carboxylic acids is 2. The summed E-state index contributed by atoms with van der Waals surface area (Å²) in [6, 6.07) is 1.23. The Hall–Kier alpha value is -2.18. The first-order chi connectivity index (χ1) is 9.65. The molecular formula is C13H17FN4O2. The lowest BCUT2D eigenvalue weighted by atomic mass is 10.3. The van der Waals surface area contributed by atoms with Crippen LogP contribution in [0.2, 0.25) is 0 Å². The molecule has 0 spiro atoms. The van der Waals surface area contributed by atoms with E-state index in [1.165, 1.54) is 12.3 Å². The number of halogens is 1. The fourth-order valence-corrected chi connectivity index (χ4v) is 1.62. The quantitative estimate of drug-likeness (QED) is 0.689. The average molecular weight is 280 g/mol. The van der Waals surface area contributed by atoms with Gasteiger partial charge in [-0.25, -0.2) is 9.18 Å². The summed E-state index contributed by atoms with van der Waals surface area (Å²) < 4.78 is 13.2. The van der Waals surface area contributed by atoms with Gasteiger partial charge in [-0.05, 0) is 25.3 Å². The third kappa shape index (κ3) is 4.83. The lowest BCUT2D eigenvalue weighted by Crippen LogP contribution is -2.31. The number of carbonyl (C=O) groups is 2. The molecule has 0 saturated heterocycles. The van der Waals surface area contributed by atoms with Gasteiger partial charge >= 0.3 is 6.03 Å². The summed E-state index contributed by atoms with van der Waals surface area (Å²) >= 11 is 0. The molecule has 1 aromatic heterocycles. The number of nitrogens with zero attached hydrogens (tertiary/aromatic N) is 1. The van der Waals surface area contributed by atoms with Gasteiger partial charge < -0.3 is 16.0 Å². The molecule has 3 amide bonds. The van der Waals surface area contributed by atoms with Gasteiger partial charge in [-0.2, -0.15) is 0 Å². The van der Waals surface area contributed by atoms with Crippen molar-refractivity contribution in [2.24, 2.45) is 0 Å². The van der Waals surface area contributed by atoms with Crippen molar-refractivity contribution < 1.29 is 14.0 Å². The van der Waals surface area contributed by atoms with Gasteiger partial charge in [0.1, 0.15) is 0 Å². The van der Waals surface area contributed by atoms with Crippen LogP contribution in [0.15, 0.2) is 18.5 Å². The normalized spacial score (nSPS) is 13.7. The Labute approximate surface area is 116 Å². The molecule has 0 atom stereocenters. The van der Waals surface area contributed by atoms with Crippen LogP contribution in [0.4, 0.5) is 14.9 Å². The number of hydrogen-bond donors (Lipinski definition) is 3. The topological polar surface area (TPSA) is 83.1 Å². The van der Waals surface area contributed by atoms with E-state index in [0.29, 0.717) is 25.4 Å². The highest BCUT2D eigenvalue weighted by Gasteiger charge is 2.22. The van der Waals surface area contributed by atoms with Gasteiger partial charge in [0, 0.05) is 25.2 Å². The molecule has 7 heteroatoms. The third-order valence-electron chi connectivity index (χ3n) is 2.83. The number of amides is 3. The van der Waals surface area contributed by atoms with Gasteiger partial charge in [-0.3, -0.25) is 9.78 Å². The summed E-state index contributed by atoms with van der Waals surface area (Å²) in [6.45, 7) is 0.358. The molecular weight excluding hydrogens is 263 g/mol. The Balaban J connectivity index is 1.60. The maximum Gasteiger partial charge on any atom is 0.319 e. The fourth-order valence-electron chi connectivity index (χ4n) is 1.62. The van der Waals surface area contributed by atoms with E-state index in [9.17, 15) is 14.0 Å². The molecule has 1 heterocycles. The van der Waals surface area contributed by atoms with Crippen LogP contribution in [0.3, 0.4) is 0 Å². The molecule has 1 saturated carbocycles. The first-order valence-corrected chi connectivity index (χ1v) is 6.59. The number of pyridine rings is 1. The summed E-state index contributed by atoms with van der Waals surface area (Å²) in [5, 5.41) is 7.81. The predicted octanol–water partition coefficient (Wildman–Crippen LogP) is 1.40. The minimum absolute atomic E-state index is 0.00915. The Morgan fingerprint density at radius 1 is 1.40 bits per heavy atom. The van der Waals surface area contributed by atoms with E-state index in [-0.39, 0.29) is 11.6 Å². The Morgan fingerprint density at radius 2 is 2.20 bits per heavy atom. The van der Waals surface area contributed by atoms with Crippen LogP contribution in [-0.2, 0) is 4.79 Å². The van der Waals surface area contributed by atoms with Crippen LogP contribution in [0.25, 0.3) is 0 Å². The maximum absolute atomic E-state index is 13.2. The van der Waals surface area contributed by atoms with Crippen LogP contribution in [0, 0.1) is 5.82 Å². The molecule has 1 aliphatic carbocycles. The van der Waals surface area contributed by atoms with Gasteiger partial charge in [0.05, 0.1) is 11.9 Å². The second-order valence-corrected chi connectivity index (χ2v) is 4.68. The summed E-state index contributed by atoms with van der Waals surface area (Å²) in [6.07, 6.45) is 5.46. The Morgan fingerprint density at radius 3 is 2.90 bits per heavy atom. The van der Waals surface area contributed by atoms with Crippen LogP contribution in [0.1, 0.15) is 25.7 Å². The molecule has 0 unspecified atom stereocenters. The number of urea groups is 1. The monoisotopic (exact) mass is 280 g/mol. The molecule has 0 aromatic carbocycles. The number of hydrogen-bond acceptors (Lipinski definition) is 3. The Bertz CT molecular complexity index is 491. The molecule has 0 aliphatic heterocycles. The van der Waals surface area contributed by atoms with E-state index in [1.54, 1.807) is 0 Å². The highest BCUT2D eigenvalue weighted by atomic mass is 19.1. The standard InChI is InChI=1S/C13H17FN4O2/c14-10-8-15-7-5-11(10)18-13(20)16-6-1-2-12(19)17-9-3-4-9/h5,7-9H,1-4,6H2,(H,17,19)(H2,15,16,18,20). The van der Waals surface area contributed by atoms with Gasteiger partial charge in [-0.15, -0.1) is 0 Å². The largest absolute Gasteiger partial charge is 0.353 e. The predicted molar refractivity (Wildman–Crippen MR) is 71.6 cm³/mol. The molecule has 1 aliphatic rings. The van der Waals surface area contributed by atoms with Crippen LogP contribution in [0.5, 0.6) is 0 Å². The number of anilines is 1. The van der Waals surface area contributed by atoms with E-state index in [2.05, 4.69) is 20.9 Å². The number of rotatable bonds is 6. The molecule has 1 aromatic rings. The van der Waals surface area contributed by atoms with E-state index in [4.69, 9.17) is 0 Å². The maximum atomic E-state index is 13.2. The van der Waals surface area contributed by atoms with E-state index in [1.807, 2.05) is 0 Å². The van der Waals surface area contributed by atoms with Crippen molar-refractivity contribution in [2.75, 3.05) is 11.9 Å². The van der Waals surface area contributed by atoms with Crippen molar-refractivity contribution in [1.82, 2.24) is 15.6 Å². The molecule has 1 fully saturated rings. The van der Waals surface area contributed by atoms with Crippen molar-refractivity contribution in [3.05, 3.63) is 24.3 Å². The zero-order valence-corrected chi connectivity index (χ0v) is 11.0. The van der Waals surface area contributed by atoms with E-state index in [0.717, 1.165) is 19.0 Å². The highest BCUT2D eigenvalue weighted by molar-refractivity contribution is 5.89. The van der Waals surface area contributed by atoms with Crippen molar-refractivity contribution in [2.45, 2.75) is 31.7 Å². The van der Waals surface area contributed by atoms with Gasteiger partial charge in [0.2, 0.25) is 5.91 Å². The zero-order chi connectivity index (χ0) is 14.4. The van der Waals surface area contributed by atoms with Crippen molar-refractivity contribution in [3.8, 4) is 0 Å². The molecule has 108 valence electrons. The summed E-state index contributed by atoms with van der Waals surface area (Å²) in [4.78, 5) is 26.4. The van der Waals surface area contributed by atoms with E-state index < -0.39 is 11.8 Å². The fraction of sp³-hybridized carbons (Fsp3) is 0.462. The first kappa shape index (κ1) is 14.2. The molecule has 6 nitrogen and oxygen atoms in total. The molecule has 2 rings (SSSR count). The third-order valence-corrected chi connectivity index (χ3v) is 2.83. The minimum atomic E-state index is -0.591. The lowest BCUT2D eigenvalue weighted by Gasteiger charge is -2.08. The van der Waals surface area contributed by atoms with Crippen molar-refractivity contribution in [1.29, 1.82) is 0 Å². The average Bonchev–Trinajstić information content (AvgIpc) is 3.21. The SMILES string of the molecule is O=C(CCCNC(=O)Nc1ccncc1F)NC1CC1. The zero-order valence-electron chi connectivity index (χ0n) is 11.0. The Kier molecular flexibility index (Phi) is 4.86. The van der Waals surface area contributed by atoms with Crippen LogP contribution >= 0.6 is 0 Å². The van der Waals surface area contributed by atoms with Gasteiger partial charge in [0.25, 0.3) is 0 Å². The van der Waals surface area contributed by atoms with Gasteiger partial charge in [0.15, 0.2) is 5.82 Å². The number of nitrogens with one attached hydrogen (secondary N) is 3. The molecule has 20 heavy (non-hydrogen) atoms. The molecule has 3 N–H and O–H groups in total. The summed E-state index contributed by atoms with van der Waals surface area (Å²) in [5.41, 5.74) is 0.0731. The van der Waals surface area contributed by atoms with Gasteiger partial charge in [-0.1, -0.05) is 0 Å².